The second kappa shape index (κ2) is 8.51. The highest BCUT2D eigenvalue weighted by Crippen LogP contribution is 2.25. The Hall–Kier alpha value is -3.44. The molecular weight excluding hydrogens is 405 g/mol. The number of aliphatic hydroxyl groups is 1. The SMILES string of the molecule is N=C(N)c1ccc(NC(=O)[C@H](O)[C@H]2OCCN(c3cc(F)c(F)c(F)c3)C2=O)cc1. The van der Waals surface area contributed by atoms with Crippen molar-refractivity contribution in [2.75, 3.05) is 23.4 Å². The molecule has 1 aliphatic rings. The van der Waals surface area contributed by atoms with Crippen LogP contribution in [0.2, 0.25) is 0 Å². The third-order valence-electron chi connectivity index (χ3n) is 4.42. The van der Waals surface area contributed by atoms with Crippen molar-refractivity contribution in [3.63, 3.8) is 0 Å². The summed E-state index contributed by atoms with van der Waals surface area (Å²) in [5.74, 6) is -6.67. The Kier molecular flexibility index (Phi) is 6.04. The van der Waals surface area contributed by atoms with Gasteiger partial charge in [0.15, 0.2) is 29.7 Å². The fraction of sp³-hybridized carbons (Fsp3) is 0.211. The van der Waals surface area contributed by atoms with Crippen LogP contribution < -0.4 is 16.0 Å². The number of nitrogens with zero attached hydrogens (tertiary/aromatic N) is 1. The predicted molar refractivity (Wildman–Crippen MR) is 101 cm³/mol. The number of benzene rings is 2. The zero-order chi connectivity index (χ0) is 22.0. The van der Waals surface area contributed by atoms with E-state index >= 15 is 0 Å². The first kappa shape index (κ1) is 21.3. The molecule has 158 valence electrons. The van der Waals surface area contributed by atoms with Gasteiger partial charge in [-0.05, 0) is 24.3 Å². The first-order chi connectivity index (χ1) is 14.2. The molecule has 1 saturated heterocycles. The summed E-state index contributed by atoms with van der Waals surface area (Å²) >= 11 is 0. The average molecular weight is 422 g/mol. The lowest BCUT2D eigenvalue weighted by Crippen LogP contribution is -2.55. The van der Waals surface area contributed by atoms with Gasteiger partial charge >= 0.3 is 0 Å². The predicted octanol–water partition coefficient (Wildman–Crippen LogP) is 1.12. The van der Waals surface area contributed by atoms with Gasteiger partial charge in [-0.3, -0.25) is 15.0 Å². The Balaban J connectivity index is 1.73. The molecule has 0 bridgehead atoms. The zero-order valence-corrected chi connectivity index (χ0v) is 15.4. The summed E-state index contributed by atoms with van der Waals surface area (Å²) in [7, 11) is 0. The number of carbonyl (C=O) groups is 2. The van der Waals surface area contributed by atoms with Gasteiger partial charge in [0.1, 0.15) is 5.84 Å². The molecular formula is C19H17F3N4O4. The maximum Gasteiger partial charge on any atom is 0.259 e. The molecule has 11 heteroatoms. The standard InChI is InChI=1S/C19H17F3N4O4/c20-12-7-11(8-13(21)14(12)22)26-5-6-30-16(19(26)29)15(27)18(28)25-10-3-1-9(2-4-10)17(23)24/h1-4,7-8,15-16,27H,5-6H2,(H3,23,24)(H,25,28)/t15-,16-/m1/s1. The minimum atomic E-state index is -1.93. The number of nitrogens with one attached hydrogen (secondary N) is 2. The zero-order valence-electron chi connectivity index (χ0n) is 15.4. The second-order valence-electron chi connectivity index (χ2n) is 6.43. The van der Waals surface area contributed by atoms with Crippen molar-refractivity contribution in [1.29, 1.82) is 5.41 Å². The van der Waals surface area contributed by atoms with Crippen molar-refractivity contribution < 1.29 is 32.6 Å². The van der Waals surface area contributed by atoms with Gasteiger partial charge < -0.3 is 25.8 Å². The van der Waals surface area contributed by atoms with E-state index in [9.17, 15) is 27.9 Å². The average Bonchev–Trinajstić information content (AvgIpc) is 2.71. The van der Waals surface area contributed by atoms with Gasteiger partial charge in [0.2, 0.25) is 0 Å². The number of aliphatic hydroxyl groups excluding tert-OH is 1. The van der Waals surface area contributed by atoms with E-state index in [0.29, 0.717) is 17.7 Å². The number of ether oxygens (including phenoxy) is 1. The molecule has 1 aliphatic heterocycles. The summed E-state index contributed by atoms with van der Waals surface area (Å²) in [6.45, 7) is -0.241. The molecule has 2 amide bonds. The molecule has 0 aliphatic carbocycles. The van der Waals surface area contributed by atoms with E-state index < -0.39 is 41.5 Å². The van der Waals surface area contributed by atoms with Crippen LogP contribution in [0.4, 0.5) is 24.5 Å². The molecule has 1 fully saturated rings. The van der Waals surface area contributed by atoms with E-state index in [2.05, 4.69) is 5.32 Å². The van der Waals surface area contributed by atoms with Gasteiger partial charge in [0.05, 0.1) is 6.61 Å². The number of halogens is 3. The topological polar surface area (TPSA) is 129 Å². The van der Waals surface area contributed by atoms with Crippen molar-refractivity contribution in [2.45, 2.75) is 12.2 Å². The highest BCUT2D eigenvalue weighted by molar-refractivity contribution is 6.04. The molecule has 5 N–H and O–H groups in total. The molecule has 8 nitrogen and oxygen atoms in total. The van der Waals surface area contributed by atoms with Gasteiger partial charge in [-0.1, -0.05) is 0 Å². The lowest BCUT2D eigenvalue weighted by Gasteiger charge is -2.34. The van der Waals surface area contributed by atoms with Crippen molar-refractivity contribution in [1.82, 2.24) is 0 Å². The quantitative estimate of drug-likeness (QED) is 0.326. The Bertz CT molecular complexity index is 977. The lowest BCUT2D eigenvalue weighted by atomic mass is 10.1. The van der Waals surface area contributed by atoms with E-state index in [1.54, 1.807) is 0 Å². The van der Waals surface area contributed by atoms with Crippen LogP contribution in [0.3, 0.4) is 0 Å². The highest BCUT2D eigenvalue weighted by Gasteiger charge is 2.39. The molecule has 0 spiro atoms. The van der Waals surface area contributed by atoms with Crippen molar-refractivity contribution >= 4 is 29.0 Å². The van der Waals surface area contributed by atoms with Crippen LogP contribution in [-0.4, -0.2) is 48.1 Å². The summed E-state index contributed by atoms with van der Waals surface area (Å²) < 4.78 is 45.4. The second-order valence-corrected chi connectivity index (χ2v) is 6.43. The number of morpholine rings is 1. The number of hydrogen-bond acceptors (Lipinski definition) is 5. The van der Waals surface area contributed by atoms with E-state index in [0.717, 1.165) is 4.90 Å². The third kappa shape index (κ3) is 4.26. The monoisotopic (exact) mass is 422 g/mol. The number of amidine groups is 1. The van der Waals surface area contributed by atoms with Crippen LogP contribution in [0.5, 0.6) is 0 Å². The van der Waals surface area contributed by atoms with Crippen LogP contribution >= 0.6 is 0 Å². The molecule has 30 heavy (non-hydrogen) atoms. The molecule has 0 saturated carbocycles. The molecule has 1 heterocycles. The van der Waals surface area contributed by atoms with Crippen molar-refractivity contribution in [2.24, 2.45) is 5.73 Å². The number of hydrogen-bond donors (Lipinski definition) is 4. The van der Waals surface area contributed by atoms with Crippen molar-refractivity contribution in [3.05, 3.63) is 59.4 Å². The molecule has 0 radical (unpaired) electrons. The summed E-state index contributed by atoms with van der Waals surface area (Å²) in [6.07, 6.45) is -3.56. The number of nitrogens with two attached hydrogens (primary N) is 1. The fourth-order valence-corrected chi connectivity index (χ4v) is 2.87. The van der Waals surface area contributed by atoms with Gasteiger partial charge in [0.25, 0.3) is 11.8 Å². The lowest BCUT2D eigenvalue weighted by molar-refractivity contribution is -0.150. The minimum absolute atomic E-state index is 0.110. The Morgan fingerprint density at radius 1 is 1.23 bits per heavy atom. The van der Waals surface area contributed by atoms with E-state index in [1.165, 1.54) is 24.3 Å². The Morgan fingerprint density at radius 2 is 1.83 bits per heavy atom. The fourth-order valence-electron chi connectivity index (χ4n) is 2.87. The van der Waals surface area contributed by atoms with Gasteiger partial charge in [0, 0.05) is 35.6 Å². The van der Waals surface area contributed by atoms with Crippen molar-refractivity contribution in [3.8, 4) is 0 Å². The minimum Gasteiger partial charge on any atom is -0.384 e. The summed E-state index contributed by atoms with van der Waals surface area (Å²) in [6, 6.07) is 7.13. The summed E-state index contributed by atoms with van der Waals surface area (Å²) in [5.41, 5.74) is 5.77. The van der Waals surface area contributed by atoms with E-state index in [4.69, 9.17) is 15.9 Å². The summed E-state index contributed by atoms with van der Waals surface area (Å²) in [4.78, 5) is 25.9. The largest absolute Gasteiger partial charge is 0.384 e. The van der Waals surface area contributed by atoms with Gasteiger partial charge in [-0.15, -0.1) is 0 Å². The first-order valence-electron chi connectivity index (χ1n) is 8.70. The normalized spacial score (nSPS) is 17.5. The number of anilines is 2. The number of amides is 2. The Morgan fingerprint density at radius 3 is 2.40 bits per heavy atom. The van der Waals surface area contributed by atoms with Gasteiger partial charge in [-0.2, -0.15) is 0 Å². The van der Waals surface area contributed by atoms with Crippen LogP contribution in [0.25, 0.3) is 0 Å². The Labute approximate surface area is 168 Å². The molecule has 0 unspecified atom stereocenters. The van der Waals surface area contributed by atoms with Crippen LogP contribution in [0.15, 0.2) is 36.4 Å². The molecule has 2 atom stereocenters. The molecule has 3 rings (SSSR count). The van der Waals surface area contributed by atoms with E-state index in [1.807, 2.05) is 0 Å². The van der Waals surface area contributed by atoms with Crippen LogP contribution in [0, 0.1) is 22.9 Å². The molecule has 2 aromatic rings. The molecule has 0 aromatic heterocycles. The maximum atomic E-state index is 13.5. The highest BCUT2D eigenvalue weighted by atomic mass is 19.2. The van der Waals surface area contributed by atoms with Gasteiger partial charge in [-0.25, -0.2) is 13.2 Å². The maximum absolute atomic E-state index is 13.5. The van der Waals surface area contributed by atoms with Crippen LogP contribution in [0.1, 0.15) is 5.56 Å². The molecule has 2 aromatic carbocycles. The third-order valence-corrected chi connectivity index (χ3v) is 4.42. The number of nitrogen functional groups attached to an aromatic ring is 1. The summed E-state index contributed by atoms with van der Waals surface area (Å²) in [5, 5.41) is 20.0. The smallest absolute Gasteiger partial charge is 0.259 e. The van der Waals surface area contributed by atoms with Crippen LogP contribution in [-0.2, 0) is 14.3 Å². The first-order valence-corrected chi connectivity index (χ1v) is 8.70. The van der Waals surface area contributed by atoms with E-state index in [-0.39, 0.29) is 30.4 Å². The number of carbonyl (C=O) groups excluding carboxylic acids is 2. The number of rotatable bonds is 5.